The normalized spacial score (nSPS) is 16.3. The molecule has 1 unspecified atom stereocenters. The number of carbonyl (C=O) groups excluding carboxylic acids is 2. The van der Waals surface area contributed by atoms with Gasteiger partial charge < -0.3 is 14.4 Å². The molecule has 1 atom stereocenters. The van der Waals surface area contributed by atoms with E-state index in [1.54, 1.807) is 30.1 Å². The predicted molar refractivity (Wildman–Crippen MR) is 167 cm³/mol. The van der Waals surface area contributed by atoms with Crippen LogP contribution in [-0.4, -0.2) is 89.3 Å². The first-order valence-electron chi connectivity index (χ1n) is 13.6. The Morgan fingerprint density at radius 1 is 1.00 bits per heavy atom. The standard InChI is InChI=1S/C30H32Cl2N4O6S/c1-34(29(37)18-36-26-15-24(31)25(32)16-28(26)42-19-30(36)38)27(17-35-11-13-41-14-12-35)22-5-3-20(4-6-22)21-7-9-23(10-8-21)33-43(2,39)40/h3-10,15-16,27,33H,11-14,17-19H2,1-2H3. The summed E-state index contributed by atoms with van der Waals surface area (Å²) in [7, 11) is -1.62. The predicted octanol–water partition coefficient (Wildman–Crippen LogP) is 4.29. The Morgan fingerprint density at radius 3 is 2.23 bits per heavy atom. The van der Waals surface area contributed by atoms with Gasteiger partial charge in [-0.1, -0.05) is 59.6 Å². The first-order valence-corrected chi connectivity index (χ1v) is 16.3. The van der Waals surface area contributed by atoms with Crippen molar-refractivity contribution in [1.82, 2.24) is 9.80 Å². The molecule has 0 bridgehead atoms. The van der Waals surface area contributed by atoms with Gasteiger partial charge in [0.15, 0.2) is 6.61 Å². The lowest BCUT2D eigenvalue weighted by Gasteiger charge is -2.37. The van der Waals surface area contributed by atoms with Gasteiger partial charge in [0.25, 0.3) is 5.91 Å². The molecule has 2 aliphatic heterocycles. The number of nitrogens with zero attached hydrogens (tertiary/aromatic N) is 3. The molecule has 0 aliphatic carbocycles. The average molecular weight is 648 g/mol. The molecule has 0 aromatic heterocycles. The number of amides is 2. The van der Waals surface area contributed by atoms with Gasteiger partial charge in [0, 0.05) is 38.4 Å². The van der Waals surface area contributed by atoms with Crippen LogP contribution in [0.3, 0.4) is 0 Å². The van der Waals surface area contributed by atoms with Crippen molar-refractivity contribution in [3.8, 4) is 16.9 Å². The molecule has 43 heavy (non-hydrogen) atoms. The van der Waals surface area contributed by atoms with Gasteiger partial charge in [-0.05, 0) is 34.9 Å². The van der Waals surface area contributed by atoms with Crippen molar-refractivity contribution in [3.63, 3.8) is 0 Å². The molecule has 228 valence electrons. The topological polar surface area (TPSA) is 108 Å². The van der Waals surface area contributed by atoms with Crippen LogP contribution in [0.1, 0.15) is 11.6 Å². The maximum absolute atomic E-state index is 13.7. The fourth-order valence-electron chi connectivity index (χ4n) is 5.11. The van der Waals surface area contributed by atoms with E-state index in [-0.39, 0.29) is 36.0 Å². The molecule has 5 rings (SSSR count). The quantitative estimate of drug-likeness (QED) is 0.369. The van der Waals surface area contributed by atoms with Crippen LogP contribution >= 0.6 is 23.2 Å². The molecule has 3 aromatic carbocycles. The summed E-state index contributed by atoms with van der Waals surface area (Å²) in [6.07, 6.45) is 1.11. The molecule has 1 saturated heterocycles. The maximum Gasteiger partial charge on any atom is 0.265 e. The number of rotatable bonds is 9. The molecule has 10 nitrogen and oxygen atoms in total. The number of nitrogens with one attached hydrogen (secondary N) is 1. The number of morpholine rings is 1. The second-order valence-electron chi connectivity index (χ2n) is 10.5. The third-order valence-electron chi connectivity index (χ3n) is 7.45. The number of ether oxygens (including phenoxy) is 2. The molecule has 1 fully saturated rings. The molecule has 0 saturated carbocycles. The monoisotopic (exact) mass is 646 g/mol. The van der Waals surface area contributed by atoms with Crippen molar-refractivity contribution in [1.29, 1.82) is 0 Å². The van der Waals surface area contributed by atoms with Crippen molar-refractivity contribution in [2.75, 3.05) is 68.9 Å². The summed E-state index contributed by atoms with van der Waals surface area (Å²) in [5.74, 6) is -0.201. The lowest BCUT2D eigenvalue weighted by Crippen LogP contribution is -2.48. The number of anilines is 2. The Balaban J connectivity index is 1.37. The highest BCUT2D eigenvalue weighted by atomic mass is 35.5. The molecule has 0 radical (unpaired) electrons. The third-order valence-corrected chi connectivity index (χ3v) is 8.78. The zero-order valence-corrected chi connectivity index (χ0v) is 26.1. The van der Waals surface area contributed by atoms with Gasteiger partial charge >= 0.3 is 0 Å². The Labute approximate surface area is 261 Å². The Kier molecular flexibility index (Phi) is 9.48. The molecular weight excluding hydrogens is 615 g/mol. The number of benzene rings is 3. The Bertz CT molecular complexity index is 1600. The zero-order valence-electron chi connectivity index (χ0n) is 23.8. The summed E-state index contributed by atoms with van der Waals surface area (Å²) >= 11 is 12.4. The number of sulfonamides is 1. The van der Waals surface area contributed by atoms with Gasteiger partial charge in [-0.3, -0.25) is 24.1 Å². The van der Waals surface area contributed by atoms with E-state index >= 15 is 0 Å². The molecule has 1 N–H and O–H groups in total. The van der Waals surface area contributed by atoms with Gasteiger partial charge in [0.1, 0.15) is 12.3 Å². The van der Waals surface area contributed by atoms with Crippen LogP contribution in [0.25, 0.3) is 11.1 Å². The van der Waals surface area contributed by atoms with Gasteiger partial charge in [0.2, 0.25) is 15.9 Å². The van der Waals surface area contributed by atoms with E-state index in [0.29, 0.717) is 41.9 Å². The molecule has 0 spiro atoms. The van der Waals surface area contributed by atoms with E-state index in [1.165, 1.54) is 11.0 Å². The van der Waals surface area contributed by atoms with Gasteiger partial charge in [-0.15, -0.1) is 0 Å². The average Bonchev–Trinajstić information content (AvgIpc) is 2.98. The second-order valence-corrected chi connectivity index (χ2v) is 13.1. The van der Waals surface area contributed by atoms with Gasteiger partial charge in [-0.25, -0.2) is 8.42 Å². The van der Waals surface area contributed by atoms with E-state index in [4.69, 9.17) is 32.7 Å². The number of carbonyl (C=O) groups is 2. The molecule has 13 heteroatoms. The lowest BCUT2D eigenvalue weighted by atomic mass is 9.99. The van der Waals surface area contributed by atoms with Crippen LogP contribution in [-0.2, 0) is 24.3 Å². The highest BCUT2D eigenvalue weighted by Gasteiger charge is 2.32. The summed E-state index contributed by atoms with van der Waals surface area (Å²) < 4.78 is 36.6. The number of fused-ring (bicyclic) bond motifs is 1. The van der Waals surface area contributed by atoms with E-state index < -0.39 is 10.0 Å². The highest BCUT2D eigenvalue weighted by molar-refractivity contribution is 7.92. The fourth-order valence-corrected chi connectivity index (χ4v) is 5.99. The molecule has 3 aromatic rings. The highest BCUT2D eigenvalue weighted by Crippen LogP contribution is 2.39. The minimum atomic E-state index is -3.36. The first-order chi connectivity index (χ1) is 20.5. The third kappa shape index (κ3) is 7.60. The minimum Gasteiger partial charge on any atom is -0.482 e. The number of hydrogen-bond donors (Lipinski definition) is 1. The first kappa shape index (κ1) is 31.1. The number of likely N-dealkylation sites (N-methyl/N-ethyl adjacent to an activating group) is 1. The van der Waals surface area contributed by atoms with Gasteiger partial charge in [-0.2, -0.15) is 0 Å². The smallest absolute Gasteiger partial charge is 0.265 e. The number of halogens is 2. The van der Waals surface area contributed by atoms with E-state index in [9.17, 15) is 18.0 Å². The summed E-state index contributed by atoms with van der Waals surface area (Å²) in [5, 5.41) is 0.560. The van der Waals surface area contributed by atoms with Crippen LogP contribution in [0.2, 0.25) is 10.0 Å². The van der Waals surface area contributed by atoms with Crippen molar-refractivity contribution < 1.29 is 27.5 Å². The van der Waals surface area contributed by atoms with E-state index in [1.807, 2.05) is 36.4 Å². The summed E-state index contributed by atoms with van der Waals surface area (Å²) in [6.45, 7) is 2.94. The largest absolute Gasteiger partial charge is 0.482 e. The van der Waals surface area contributed by atoms with E-state index in [0.717, 1.165) is 36.0 Å². The maximum atomic E-state index is 13.7. The number of hydrogen-bond acceptors (Lipinski definition) is 7. The van der Waals surface area contributed by atoms with E-state index in [2.05, 4.69) is 9.62 Å². The van der Waals surface area contributed by atoms with Crippen LogP contribution in [0.4, 0.5) is 11.4 Å². The molecule has 2 amide bonds. The summed E-state index contributed by atoms with van der Waals surface area (Å²) in [4.78, 5) is 31.9. The zero-order chi connectivity index (χ0) is 30.7. The van der Waals surface area contributed by atoms with Crippen LogP contribution in [0.15, 0.2) is 60.7 Å². The fraction of sp³-hybridized carbons (Fsp3) is 0.333. The Morgan fingerprint density at radius 2 is 1.60 bits per heavy atom. The molecule has 2 aliphatic rings. The van der Waals surface area contributed by atoms with Crippen LogP contribution in [0, 0.1) is 0 Å². The summed E-state index contributed by atoms with van der Waals surface area (Å²) in [5.41, 5.74) is 3.69. The lowest BCUT2D eigenvalue weighted by molar-refractivity contribution is -0.133. The van der Waals surface area contributed by atoms with Crippen molar-refractivity contribution >= 4 is 56.4 Å². The van der Waals surface area contributed by atoms with Crippen molar-refractivity contribution in [2.45, 2.75) is 6.04 Å². The second kappa shape index (κ2) is 13.1. The summed E-state index contributed by atoms with van der Waals surface area (Å²) in [6, 6.07) is 17.8. The minimum absolute atomic E-state index is 0.185. The van der Waals surface area contributed by atoms with Gasteiger partial charge in [0.05, 0.1) is 41.2 Å². The van der Waals surface area contributed by atoms with Crippen molar-refractivity contribution in [2.24, 2.45) is 0 Å². The molecular formula is C30H32Cl2N4O6S. The Hall–Kier alpha value is -3.35. The van der Waals surface area contributed by atoms with Crippen LogP contribution < -0.4 is 14.4 Å². The van der Waals surface area contributed by atoms with Crippen LogP contribution in [0.5, 0.6) is 5.75 Å². The SMILES string of the molecule is CN(C(=O)CN1C(=O)COc2cc(Cl)c(Cl)cc21)C(CN1CCOCC1)c1ccc(-c2ccc(NS(C)(=O)=O)cc2)cc1. The molecule has 2 heterocycles. The van der Waals surface area contributed by atoms with Crippen molar-refractivity contribution in [3.05, 3.63) is 76.3 Å².